The number of ketones is 1. The second-order valence-corrected chi connectivity index (χ2v) is 14.6. The number of nitrogen functional groups attached to an aromatic ring is 2. The van der Waals surface area contributed by atoms with Crippen molar-refractivity contribution in [3.05, 3.63) is 128 Å². The molecule has 0 amide bonds. The zero-order valence-electron chi connectivity index (χ0n) is 24.4. The molecule has 0 aliphatic carbocycles. The third-order valence-electron chi connectivity index (χ3n) is 6.64. The lowest BCUT2D eigenvalue weighted by atomic mass is 10.0. The van der Waals surface area contributed by atoms with Crippen molar-refractivity contribution < 1.29 is 4.79 Å². The van der Waals surface area contributed by atoms with E-state index in [9.17, 15) is 4.79 Å². The fraction of sp³-hybridized carbons (Fsp3) is 0.265. The molecular formula is C34H38Cl2N2OS4. The van der Waals surface area contributed by atoms with Crippen molar-refractivity contribution >= 4 is 89.1 Å². The second-order valence-electron chi connectivity index (χ2n) is 9.97. The van der Waals surface area contributed by atoms with E-state index in [4.69, 9.17) is 34.7 Å². The van der Waals surface area contributed by atoms with Gasteiger partial charge in [-0.3, -0.25) is 4.79 Å². The number of hydrogen-bond acceptors (Lipinski definition) is 7. The van der Waals surface area contributed by atoms with Crippen molar-refractivity contribution in [2.75, 3.05) is 34.5 Å². The van der Waals surface area contributed by atoms with Crippen LogP contribution in [-0.4, -0.2) is 28.8 Å². The number of hydrogen-bond donors (Lipinski definition) is 4. The summed E-state index contributed by atoms with van der Waals surface area (Å²) in [6.45, 7) is 3.95. The molecule has 1 aliphatic heterocycles. The first-order valence-corrected chi connectivity index (χ1v) is 17.9. The highest BCUT2D eigenvalue weighted by molar-refractivity contribution is 8.18. The van der Waals surface area contributed by atoms with Crippen molar-refractivity contribution in [2.24, 2.45) is 0 Å². The average Bonchev–Trinajstić information content (AvgIpc) is 3.02. The van der Waals surface area contributed by atoms with Gasteiger partial charge in [0, 0.05) is 32.5 Å². The van der Waals surface area contributed by atoms with Gasteiger partial charge in [0.25, 0.3) is 0 Å². The van der Waals surface area contributed by atoms with E-state index in [-0.39, 0.29) is 9.86 Å². The monoisotopic (exact) mass is 688 g/mol. The summed E-state index contributed by atoms with van der Waals surface area (Å²) in [4.78, 5) is 12.1. The zero-order valence-corrected chi connectivity index (χ0v) is 29.3. The molecular weight excluding hydrogens is 652 g/mol. The Labute approximate surface area is 285 Å². The van der Waals surface area contributed by atoms with Gasteiger partial charge in [-0.25, -0.2) is 0 Å². The van der Waals surface area contributed by atoms with Crippen LogP contribution < -0.4 is 11.5 Å². The van der Waals surface area contributed by atoms with Crippen molar-refractivity contribution in [2.45, 2.75) is 30.8 Å². The van der Waals surface area contributed by atoms with Crippen LogP contribution in [0.25, 0.3) is 0 Å². The number of nitrogens with two attached hydrogens (primary N) is 2. The summed E-state index contributed by atoms with van der Waals surface area (Å²) in [6, 6.07) is 26.9. The van der Waals surface area contributed by atoms with Gasteiger partial charge in [-0.05, 0) is 133 Å². The van der Waals surface area contributed by atoms with E-state index in [1.165, 1.54) is 29.1 Å². The van der Waals surface area contributed by atoms with E-state index >= 15 is 0 Å². The predicted molar refractivity (Wildman–Crippen MR) is 200 cm³/mol. The lowest BCUT2D eigenvalue weighted by Crippen LogP contribution is -2.24. The van der Waals surface area contributed by atoms with E-state index in [2.05, 4.69) is 56.4 Å². The lowest BCUT2D eigenvalue weighted by molar-refractivity contribution is 0.103. The number of anilines is 2. The second kappa shape index (κ2) is 17.6. The molecule has 228 valence electrons. The van der Waals surface area contributed by atoms with Gasteiger partial charge < -0.3 is 11.5 Å². The quantitative estimate of drug-likeness (QED) is 0.0922. The minimum Gasteiger partial charge on any atom is -0.399 e. The summed E-state index contributed by atoms with van der Waals surface area (Å²) in [5, 5.41) is 1.50. The molecule has 3 nitrogen and oxygen atoms in total. The normalized spacial score (nSPS) is 13.6. The zero-order chi connectivity index (χ0) is 31.4. The first-order chi connectivity index (χ1) is 20.6. The number of benzene rings is 4. The molecule has 43 heavy (non-hydrogen) atoms. The molecule has 4 aromatic carbocycles. The highest BCUT2D eigenvalue weighted by Crippen LogP contribution is 2.55. The standard InChI is InChI=1S/C17H18ClNS2.C14H12ClNO.C3H8S2/c1-12-11-14(5-8-16(12)18)17(20-9-2-10-21-17)13-3-6-15(19)7-4-13;1-9-8-11(4-7-13(9)15)14(17)10-2-5-12(16)6-3-10;4-2-1-3-5/h3-8,11H,2,9-10,19H2,1H3;2-8H,16H2,1H3;4-5H,1-3H2. The van der Waals surface area contributed by atoms with Crippen molar-refractivity contribution in [3.63, 3.8) is 0 Å². The van der Waals surface area contributed by atoms with E-state index in [0.717, 1.165) is 39.8 Å². The lowest BCUT2D eigenvalue weighted by Gasteiger charge is -2.37. The Balaban J connectivity index is 0.000000207. The van der Waals surface area contributed by atoms with Gasteiger partial charge in [0.05, 0.1) is 0 Å². The highest BCUT2D eigenvalue weighted by Gasteiger charge is 2.37. The molecule has 0 spiro atoms. The Morgan fingerprint density at radius 2 is 1.19 bits per heavy atom. The van der Waals surface area contributed by atoms with Crippen LogP contribution >= 0.6 is 72.0 Å². The van der Waals surface area contributed by atoms with Gasteiger partial charge in [-0.15, -0.1) is 23.5 Å². The largest absolute Gasteiger partial charge is 0.399 e. The summed E-state index contributed by atoms with van der Waals surface area (Å²) < 4.78 is -0.0404. The van der Waals surface area contributed by atoms with E-state index in [1.807, 2.05) is 48.6 Å². The summed E-state index contributed by atoms with van der Waals surface area (Å²) in [7, 11) is 0. The van der Waals surface area contributed by atoms with Crippen LogP contribution in [0.4, 0.5) is 11.4 Å². The van der Waals surface area contributed by atoms with Crippen molar-refractivity contribution in [3.8, 4) is 0 Å². The number of carbonyl (C=O) groups is 1. The molecule has 0 unspecified atom stereocenters. The van der Waals surface area contributed by atoms with Gasteiger partial charge in [-0.1, -0.05) is 47.5 Å². The number of carbonyl (C=O) groups excluding carboxylic acids is 1. The number of halogens is 2. The maximum absolute atomic E-state index is 12.1. The molecule has 5 rings (SSSR count). The van der Waals surface area contributed by atoms with Gasteiger partial charge >= 0.3 is 0 Å². The predicted octanol–water partition coefficient (Wildman–Crippen LogP) is 10.00. The van der Waals surface area contributed by atoms with Crippen molar-refractivity contribution in [1.29, 1.82) is 0 Å². The molecule has 0 atom stereocenters. The molecule has 0 radical (unpaired) electrons. The maximum atomic E-state index is 12.1. The first-order valence-electron chi connectivity index (χ1n) is 13.9. The maximum Gasteiger partial charge on any atom is 0.193 e. The Kier molecular flexibility index (Phi) is 14.6. The highest BCUT2D eigenvalue weighted by atomic mass is 35.5. The van der Waals surface area contributed by atoms with Crippen LogP contribution in [0, 0.1) is 13.8 Å². The van der Waals surface area contributed by atoms with Crippen LogP contribution in [-0.2, 0) is 4.08 Å². The molecule has 1 fully saturated rings. The van der Waals surface area contributed by atoms with Crippen LogP contribution in [0.1, 0.15) is 51.0 Å². The number of rotatable bonds is 6. The molecule has 9 heteroatoms. The minimum absolute atomic E-state index is 0.0234. The average molecular weight is 690 g/mol. The molecule has 0 saturated carbocycles. The third-order valence-corrected chi connectivity index (χ3v) is 11.6. The molecule has 1 aliphatic rings. The third kappa shape index (κ3) is 10.1. The Morgan fingerprint density at radius 1 is 0.721 bits per heavy atom. The fourth-order valence-corrected chi connectivity index (χ4v) is 8.40. The molecule has 1 saturated heterocycles. The first kappa shape index (κ1) is 35.6. The van der Waals surface area contributed by atoms with Gasteiger partial charge in [0.15, 0.2) is 5.78 Å². The van der Waals surface area contributed by atoms with Crippen LogP contribution in [0.3, 0.4) is 0 Å². The minimum atomic E-state index is -0.0404. The van der Waals surface area contributed by atoms with E-state index in [0.29, 0.717) is 21.8 Å². The van der Waals surface area contributed by atoms with Gasteiger partial charge in [0.1, 0.15) is 4.08 Å². The summed E-state index contributed by atoms with van der Waals surface area (Å²) in [5.41, 5.74) is 18.8. The smallest absolute Gasteiger partial charge is 0.193 e. The van der Waals surface area contributed by atoms with Crippen molar-refractivity contribution in [1.82, 2.24) is 0 Å². The van der Waals surface area contributed by atoms with E-state index < -0.39 is 0 Å². The van der Waals surface area contributed by atoms with Crippen LogP contribution in [0.15, 0.2) is 84.9 Å². The fourth-order valence-electron chi connectivity index (χ4n) is 4.24. The Morgan fingerprint density at radius 3 is 1.67 bits per heavy atom. The Hall–Kier alpha value is -1.87. The summed E-state index contributed by atoms with van der Waals surface area (Å²) in [5.74, 6) is 4.26. The van der Waals surface area contributed by atoms with Crippen LogP contribution in [0.2, 0.25) is 10.0 Å². The SMILES string of the molecule is Cc1cc(C(=O)c2ccc(N)cc2)ccc1Cl.Cc1cc(C2(c3ccc(N)cc3)SCCCS2)ccc1Cl.SCCCS. The topological polar surface area (TPSA) is 69.1 Å². The van der Waals surface area contributed by atoms with Gasteiger partial charge in [-0.2, -0.15) is 25.3 Å². The van der Waals surface area contributed by atoms with E-state index in [1.54, 1.807) is 42.5 Å². The van der Waals surface area contributed by atoms with Gasteiger partial charge in [0.2, 0.25) is 0 Å². The summed E-state index contributed by atoms with van der Waals surface area (Å²) >= 11 is 24.1. The van der Waals surface area contributed by atoms with Crippen LogP contribution in [0.5, 0.6) is 0 Å². The molecule has 4 aromatic rings. The molecule has 1 heterocycles. The number of thioether (sulfide) groups is 2. The molecule has 4 N–H and O–H groups in total. The molecule has 0 bridgehead atoms. The molecule has 0 aromatic heterocycles. The Bertz CT molecular complexity index is 1470. The number of thiol groups is 2. The number of aryl methyl sites for hydroxylation is 2. The summed E-state index contributed by atoms with van der Waals surface area (Å²) in [6.07, 6.45) is 2.38.